The van der Waals surface area contributed by atoms with Gasteiger partial charge in [-0.05, 0) is 37.1 Å². The van der Waals surface area contributed by atoms with Crippen LogP contribution in [0, 0.1) is 0 Å². The Balaban J connectivity index is 2.41. The average Bonchev–Trinajstić information content (AvgIpc) is 2.55. The standard InChI is InChI=1S/C14H22N6O4/c1-24-10-6-4-9(5-7-10)19-20-14(23)18-11(12(21)22)3-2-8-17-13(15)16/h4-7,11,19H,2-3,8H2,1H3,(H,21,22)(H4,15,16,17)(H2,18,20,23)/t11-/m0/s1. The molecule has 0 fully saturated rings. The van der Waals surface area contributed by atoms with E-state index in [0.29, 0.717) is 24.4 Å². The van der Waals surface area contributed by atoms with Crippen molar-refractivity contribution < 1.29 is 19.4 Å². The van der Waals surface area contributed by atoms with Crippen LogP contribution in [0.1, 0.15) is 12.8 Å². The second-order valence-electron chi connectivity index (χ2n) is 4.79. The lowest BCUT2D eigenvalue weighted by Gasteiger charge is -2.15. The van der Waals surface area contributed by atoms with Gasteiger partial charge in [-0.15, -0.1) is 0 Å². The first-order valence-electron chi connectivity index (χ1n) is 7.17. The number of urea groups is 1. The first-order valence-corrected chi connectivity index (χ1v) is 7.17. The number of aliphatic carboxylic acids is 1. The Morgan fingerprint density at radius 1 is 1.29 bits per heavy atom. The van der Waals surface area contributed by atoms with E-state index in [1.165, 1.54) is 0 Å². The van der Waals surface area contributed by atoms with Gasteiger partial charge in [0.25, 0.3) is 0 Å². The number of methoxy groups -OCH3 is 1. The lowest BCUT2D eigenvalue weighted by molar-refractivity contribution is -0.139. The molecule has 132 valence electrons. The molecule has 2 amide bonds. The summed E-state index contributed by atoms with van der Waals surface area (Å²) in [6.45, 7) is 0.291. The van der Waals surface area contributed by atoms with Crippen LogP contribution in [0.2, 0.25) is 0 Å². The van der Waals surface area contributed by atoms with Crippen LogP contribution in [0.4, 0.5) is 10.5 Å². The van der Waals surface area contributed by atoms with Crippen molar-refractivity contribution in [1.82, 2.24) is 10.7 Å². The molecule has 1 aromatic rings. The van der Waals surface area contributed by atoms with Gasteiger partial charge < -0.3 is 26.6 Å². The number of nitrogens with zero attached hydrogens (tertiary/aromatic N) is 1. The highest BCUT2D eigenvalue weighted by Gasteiger charge is 2.19. The maximum absolute atomic E-state index is 11.8. The summed E-state index contributed by atoms with van der Waals surface area (Å²) in [7, 11) is 1.55. The third-order valence-electron chi connectivity index (χ3n) is 2.96. The number of benzene rings is 1. The number of aliphatic imine (C=N–C) groups is 1. The van der Waals surface area contributed by atoms with Crippen molar-refractivity contribution in [1.29, 1.82) is 0 Å². The zero-order valence-electron chi connectivity index (χ0n) is 13.3. The Hall–Kier alpha value is -3.17. The third-order valence-corrected chi connectivity index (χ3v) is 2.96. The first-order chi connectivity index (χ1) is 11.4. The molecule has 0 aliphatic heterocycles. The summed E-state index contributed by atoms with van der Waals surface area (Å²) < 4.78 is 5.02. The van der Waals surface area contributed by atoms with Crippen molar-refractivity contribution in [2.24, 2.45) is 16.5 Å². The van der Waals surface area contributed by atoms with Gasteiger partial charge in [0.1, 0.15) is 11.8 Å². The Morgan fingerprint density at radius 3 is 2.50 bits per heavy atom. The Labute approximate surface area is 139 Å². The maximum Gasteiger partial charge on any atom is 0.334 e. The molecule has 0 spiro atoms. The number of carbonyl (C=O) groups is 2. The monoisotopic (exact) mass is 338 g/mol. The molecule has 0 aromatic heterocycles. The second-order valence-corrected chi connectivity index (χ2v) is 4.79. The molecule has 1 aromatic carbocycles. The predicted octanol–water partition coefficient (Wildman–Crippen LogP) is -0.172. The number of ether oxygens (including phenoxy) is 1. The first kappa shape index (κ1) is 18.9. The molecular weight excluding hydrogens is 316 g/mol. The molecule has 0 aliphatic carbocycles. The number of nitrogens with one attached hydrogen (secondary N) is 3. The summed E-state index contributed by atoms with van der Waals surface area (Å²) in [4.78, 5) is 26.7. The molecule has 10 nitrogen and oxygen atoms in total. The topological polar surface area (TPSA) is 164 Å². The van der Waals surface area contributed by atoms with E-state index in [-0.39, 0.29) is 12.4 Å². The highest BCUT2D eigenvalue weighted by molar-refractivity contribution is 5.83. The fourth-order valence-electron chi connectivity index (χ4n) is 1.76. The molecule has 1 rings (SSSR count). The lowest BCUT2D eigenvalue weighted by atomic mass is 10.1. The Kier molecular flexibility index (Phi) is 7.68. The van der Waals surface area contributed by atoms with E-state index in [1.807, 2.05) is 0 Å². The van der Waals surface area contributed by atoms with Gasteiger partial charge >= 0.3 is 12.0 Å². The minimum atomic E-state index is -1.14. The van der Waals surface area contributed by atoms with Crippen molar-refractivity contribution in [3.8, 4) is 5.75 Å². The molecule has 1 atom stereocenters. The molecule has 0 saturated heterocycles. The van der Waals surface area contributed by atoms with Gasteiger partial charge in [-0.1, -0.05) is 0 Å². The van der Waals surface area contributed by atoms with Crippen molar-refractivity contribution in [2.45, 2.75) is 18.9 Å². The van der Waals surface area contributed by atoms with Crippen molar-refractivity contribution in [3.63, 3.8) is 0 Å². The lowest BCUT2D eigenvalue weighted by Crippen LogP contribution is -2.47. The van der Waals surface area contributed by atoms with Crippen LogP contribution >= 0.6 is 0 Å². The van der Waals surface area contributed by atoms with E-state index >= 15 is 0 Å². The number of carbonyl (C=O) groups excluding carboxylic acids is 1. The second kappa shape index (κ2) is 9.77. The van der Waals surface area contributed by atoms with Crippen molar-refractivity contribution >= 4 is 23.6 Å². The van der Waals surface area contributed by atoms with Gasteiger partial charge in [-0.25, -0.2) is 9.59 Å². The zero-order chi connectivity index (χ0) is 17.9. The molecule has 0 aliphatic rings. The fraction of sp³-hybridized carbons (Fsp3) is 0.357. The number of hydrogen-bond donors (Lipinski definition) is 6. The molecule has 10 heteroatoms. The number of hydrazine groups is 1. The Morgan fingerprint density at radius 2 is 1.96 bits per heavy atom. The normalized spacial score (nSPS) is 11.0. The molecule has 0 saturated carbocycles. The van der Waals surface area contributed by atoms with E-state index < -0.39 is 18.0 Å². The van der Waals surface area contributed by atoms with Crippen LogP contribution < -0.4 is 32.4 Å². The van der Waals surface area contributed by atoms with E-state index in [4.69, 9.17) is 21.3 Å². The van der Waals surface area contributed by atoms with Crippen LogP contribution in [-0.2, 0) is 4.79 Å². The molecule has 0 bridgehead atoms. The van der Waals surface area contributed by atoms with Crippen LogP contribution in [0.5, 0.6) is 5.75 Å². The minimum absolute atomic E-state index is 0.0590. The fourth-order valence-corrected chi connectivity index (χ4v) is 1.76. The molecule has 8 N–H and O–H groups in total. The number of anilines is 1. The number of rotatable bonds is 9. The van der Waals surface area contributed by atoms with E-state index in [1.54, 1.807) is 31.4 Å². The summed E-state index contributed by atoms with van der Waals surface area (Å²) in [5.74, 6) is -0.521. The molecule has 0 heterocycles. The van der Waals surface area contributed by atoms with Crippen LogP contribution in [0.25, 0.3) is 0 Å². The molecular formula is C14H22N6O4. The number of nitrogens with two attached hydrogens (primary N) is 2. The smallest absolute Gasteiger partial charge is 0.334 e. The number of carboxylic acid groups (broad SMARTS) is 1. The van der Waals surface area contributed by atoms with Crippen molar-refractivity contribution in [2.75, 3.05) is 19.1 Å². The van der Waals surface area contributed by atoms with Gasteiger partial charge in [0.2, 0.25) is 0 Å². The number of carboxylic acids is 1. The maximum atomic E-state index is 11.8. The summed E-state index contributed by atoms with van der Waals surface area (Å²) in [5.41, 5.74) is 16.0. The van der Waals surface area contributed by atoms with E-state index in [0.717, 1.165) is 0 Å². The van der Waals surface area contributed by atoms with Gasteiger partial charge in [-0.2, -0.15) is 0 Å². The minimum Gasteiger partial charge on any atom is -0.497 e. The zero-order valence-corrected chi connectivity index (χ0v) is 13.3. The van der Waals surface area contributed by atoms with Crippen LogP contribution in [-0.4, -0.2) is 42.8 Å². The summed E-state index contributed by atoms with van der Waals surface area (Å²) in [6, 6.07) is 5.11. The predicted molar refractivity (Wildman–Crippen MR) is 89.6 cm³/mol. The largest absolute Gasteiger partial charge is 0.497 e. The highest BCUT2D eigenvalue weighted by atomic mass is 16.5. The van der Waals surface area contributed by atoms with Gasteiger partial charge in [-0.3, -0.25) is 15.8 Å². The van der Waals surface area contributed by atoms with Gasteiger partial charge in [0, 0.05) is 6.54 Å². The number of guanidine groups is 1. The number of amides is 2. The number of hydrogen-bond acceptors (Lipinski definition) is 5. The Bertz CT molecular complexity index is 571. The molecule has 24 heavy (non-hydrogen) atoms. The van der Waals surface area contributed by atoms with Gasteiger partial charge in [0.05, 0.1) is 12.8 Å². The van der Waals surface area contributed by atoms with Gasteiger partial charge in [0.15, 0.2) is 5.96 Å². The molecule has 0 radical (unpaired) electrons. The summed E-state index contributed by atoms with van der Waals surface area (Å²) >= 11 is 0. The van der Waals surface area contributed by atoms with Crippen LogP contribution in [0.15, 0.2) is 29.3 Å². The third kappa shape index (κ3) is 7.20. The van der Waals surface area contributed by atoms with E-state index in [2.05, 4.69) is 21.2 Å². The van der Waals surface area contributed by atoms with E-state index in [9.17, 15) is 9.59 Å². The van der Waals surface area contributed by atoms with Crippen molar-refractivity contribution in [3.05, 3.63) is 24.3 Å². The highest BCUT2D eigenvalue weighted by Crippen LogP contribution is 2.13. The summed E-state index contributed by atoms with van der Waals surface area (Å²) in [6.07, 6.45) is 0.614. The molecule has 0 unspecified atom stereocenters. The summed E-state index contributed by atoms with van der Waals surface area (Å²) in [5, 5.41) is 11.5. The average molecular weight is 338 g/mol. The quantitative estimate of drug-likeness (QED) is 0.157. The SMILES string of the molecule is COc1ccc(NNC(=O)N[C@@H](CCCN=C(N)N)C(=O)O)cc1. The van der Waals surface area contributed by atoms with Crippen LogP contribution in [0.3, 0.4) is 0 Å².